The molecule has 0 heterocycles. The molecular weight excluding hydrogens is 148 g/mol. The van der Waals surface area contributed by atoms with Crippen LogP contribution in [0.25, 0.3) is 0 Å². The zero-order valence-corrected chi connectivity index (χ0v) is 8.21. The quantitative estimate of drug-likeness (QED) is 0.642. The maximum absolute atomic E-state index is 8.80. The van der Waals surface area contributed by atoms with Crippen LogP contribution in [0.4, 0.5) is 0 Å². The molecule has 0 bridgehead atoms. The summed E-state index contributed by atoms with van der Waals surface area (Å²) in [5.41, 5.74) is 1.54. The number of hydrogen-bond donors (Lipinski definition) is 1. The number of aliphatic hydroxyl groups excluding tert-OH is 1. The van der Waals surface area contributed by atoms with Gasteiger partial charge in [-0.2, -0.15) is 0 Å². The van der Waals surface area contributed by atoms with Gasteiger partial charge < -0.3 is 5.11 Å². The van der Waals surface area contributed by atoms with Crippen molar-refractivity contribution in [3.63, 3.8) is 0 Å². The monoisotopic (exact) mass is 168 g/mol. The molecule has 0 amide bonds. The van der Waals surface area contributed by atoms with E-state index in [1.807, 2.05) is 0 Å². The van der Waals surface area contributed by atoms with E-state index in [0.29, 0.717) is 12.5 Å². The molecule has 0 fully saturated rings. The molecule has 70 valence electrons. The van der Waals surface area contributed by atoms with Crippen LogP contribution in [0.5, 0.6) is 0 Å². The lowest BCUT2D eigenvalue weighted by Gasteiger charge is -2.25. The predicted molar refractivity (Wildman–Crippen MR) is 52.0 cm³/mol. The van der Waals surface area contributed by atoms with E-state index in [-0.39, 0.29) is 0 Å². The number of aliphatic hydroxyl groups is 1. The highest BCUT2D eigenvalue weighted by Gasteiger charge is 2.18. The number of allylic oxidation sites excluding steroid dienone is 2. The summed E-state index contributed by atoms with van der Waals surface area (Å²) in [6.45, 7) is 4.82. The second-order valence-corrected chi connectivity index (χ2v) is 4.07. The molecule has 0 saturated heterocycles. The van der Waals surface area contributed by atoms with Gasteiger partial charge in [-0.1, -0.05) is 18.6 Å². The van der Waals surface area contributed by atoms with Gasteiger partial charge in [0.15, 0.2) is 0 Å². The van der Waals surface area contributed by atoms with Crippen LogP contribution in [0, 0.1) is 11.8 Å². The van der Waals surface area contributed by atoms with Crippen LogP contribution in [-0.2, 0) is 0 Å². The third-order valence-electron chi connectivity index (χ3n) is 3.07. The third-order valence-corrected chi connectivity index (χ3v) is 3.07. The van der Waals surface area contributed by atoms with Gasteiger partial charge in [0.25, 0.3) is 0 Å². The van der Waals surface area contributed by atoms with Gasteiger partial charge in [0.05, 0.1) is 0 Å². The van der Waals surface area contributed by atoms with Crippen LogP contribution in [0.2, 0.25) is 0 Å². The average Bonchev–Trinajstić information content (AvgIpc) is 2.06. The maximum atomic E-state index is 8.80. The second kappa shape index (κ2) is 4.66. The fourth-order valence-corrected chi connectivity index (χ4v) is 1.94. The highest BCUT2D eigenvalue weighted by Crippen LogP contribution is 2.30. The van der Waals surface area contributed by atoms with Gasteiger partial charge in [-0.3, -0.25) is 0 Å². The Morgan fingerprint density at radius 1 is 1.67 bits per heavy atom. The van der Waals surface area contributed by atoms with E-state index in [1.165, 1.54) is 19.3 Å². The SMILES string of the molecule is CC1=CC[C@H]([C@@H](C)CCO)CC1. The summed E-state index contributed by atoms with van der Waals surface area (Å²) in [6.07, 6.45) is 7.15. The largest absolute Gasteiger partial charge is 0.396 e. The van der Waals surface area contributed by atoms with Gasteiger partial charge in [-0.05, 0) is 44.4 Å². The van der Waals surface area contributed by atoms with Gasteiger partial charge in [-0.15, -0.1) is 0 Å². The Balaban J connectivity index is 2.34. The normalized spacial score (nSPS) is 26.6. The summed E-state index contributed by atoms with van der Waals surface area (Å²) < 4.78 is 0. The van der Waals surface area contributed by atoms with E-state index in [9.17, 15) is 0 Å². The minimum Gasteiger partial charge on any atom is -0.396 e. The van der Waals surface area contributed by atoms with Crippen LogP contribution < -0.4 is 0 Å². The predicted octanol–water partition coefficient (Wildman–Crippen LogP) is 2.75. The third kappa shape index (κ3) is 2.63. The Labute approximate surface area is 75.5 Å². The first-order chi connectivity index (χ1) is 5.74. The molecule has 1 N–H and O–H groups in total. The van der Waals surface area contributed by atoms with Crippen molar-refractivity contribution in [2.75, 3.05) is 6.61 Å². The van der Waals surface area contributed by atoms with Crippen molar-refractivity contribution in [3.8, 4) is 0 Å². The van der Waals surface area contributed by atoms with Crippen molar-refractivity contribution in [3.05, 3.63) is 11.6 Å². The van der Waals surface area contributed by atoms with Crippen LogP contribution in [0.1, 0.15) is 39.5 Å². The fourth-order valence-electron chi connectivity index (χ4n) is 1.94. The molecule has 0 aliphatic heterocycles. The fraction of sp³-hybridized carbons (Fsp3) is 0.818. The smallest absolute Gasteiger partial charge is 0.0433 e. The van der Waals surface area contributed by atoms with Crippen LogP contribution in [-0.4, -0.2) is 11.7 Å². The van der Waals surface area contributed by atoms with E-state index >= 15 is 0 Å². The molecule has 0 spiro atoms. The summed E-state index contributed by atoms with van der Waals surface area (Å²) in [4.78, 5) is 0. The maximum Gasteiger partial charge on any atom is 0.0433 e. The van der Waals surface area contributed by atoms with Gasteiger partial charge >= 0.3 is 0 Å². The molecule has 0 aromatic rings. The summed E-state index contributed by atoms with van der Waals surface area (Å²) >= 11 is 0. The topological polar surface area (TPSA) is 20.2 Å². The molecular formula is C11H20O. The van der Waals surface area contributed by atoms with E-state index in [0.717, 1.165) is 12.3 Å². The molecule has 1 aliphatic rings. The Kier molecular flexibility index (Phi) is 3.80. The van der Waals surface area contributed by atoms with Crippen LogP contribution in [0.3, 0.4) is 0 Å². The summed E-state index contributed by atoms with van der Waals surface area (Å²) in [5.74, 6) is 1.51. The first-order valence-corrected chi connectivity index (χ1v) is 5.00. The Morgan fingerprint density at radius 3 is 2.92 bits per heavy atom. The van der Waals surface area contributed by atoms with Crippen molar-refractivity contribution in [1.29, 1.82) is 0 Å². The van der Waals surface area contributed by atoms with Gasteiger partial charge in [0.1, 0.15) is 0 Å². The molecule has 1 rings (SSSR count). The molecule has 1 nitrogen and oxygen atoms in total. The minimum absolute atomic E-state index is 0.348. The van der Waals surface area contributed by atoms with E-state index in [2.05, 4.69) is 19.9 Å². The number of rotatable bonds is 3. The highest BCUT2D eigenvalue weighted by atomic mass is 16.3. The first kappa shape index (κ1) is 9.79. The lowest BCUT2D eigenvalue weighted by Crippen LogP contribution is -2.15. The van der Waals surface area contributed by atoms with Gasteiger partial charge in [-0.25, -0.2) is 0 Å². The summed E-state index contributed by atoms with van der Waals surface area (Å²) in [7, 11) is 0. The Hall–Kier alpha value is -0.300. The van der Waals surface area contributed by atoms with Crippen molar-refractivity contribution in [2.45, 2.75) is 39.5 Å². The second-order valence-electron chi connectivity index (χ2n) is 4.07. The van der Waals surface area contributed by atoms with E-state index < -0.39 is 0 Å². The molecule has 0 unspecified atom stereocenters. The van der Waals surface area contributed by atoms with Crippen LogP contribution in [0.15, 0.2) is 11.6 Å². The Morgan fingerprint density at radius 2 is 2.42 bits per heavy atom. The summed E-state index contributed by atoms with van der Waals surface area (Å²) in [6, 6.07) is 0. The zero-order chi connectivity index (χ0) is 8.97. The average molecular weight is 168 g/mol. The summed E-state index contributed by atoms with van der Waals surface area (Å²) in [5, 5.41) is 8.80. The zero-order valence-electron chi connectivity index (χ0n) is 8.21. The van der Waals surface area contributed by atoms with Crippen molar-refractivity contribution < 1.29 is 5.11 Å². The van der Waals surface area contributed by atoms with Crippen molar-refractivity contribution in [2.24, 2.45) is 11.8 Å². The van der Waals surface area contributed by atoms with Crippen molar-refractivity contribution >= 4 is 0 Å². The van der Waals surface area contributed by atoms with Crippen molar-refractivity contribution in [1.82, 2.24) is 0 Å². The molecule has 1 heteroatoms. The molecule has 0 saturated carbocycles. The Bertz CT molecular complexity index is 160. The lowest BCUT2D eigenvalue weighted by atomic mass is 9.80. The molecule has 12 heavy (non-hydrogen) atoms. The minimum atomic E-state index is 0.348. The standard InChI is InChI=1S/C11H20O/c1-9-3-5-11(6-4-9)10(2)7-8-12/h3,10-12H,4-8H2,1-2H3/t10-,11-/m0/s1. The van der Waals surface area contributed by atoms with Gasteiger partial charge in [0.2, 0.25) is 0 Å². The molecule has 0 radical (unpaired) electrons. The highest BCUT2D eigenvalue weighted by molar-refractivity contribution is 5.03. The molecule has 0 aromatic heterocycles. The van der Waals surface area contributed by atoms with Gasteiger partial charge in [0, 0.05) is 6.61 Å². The first-order valence-electron chi connectivity index (χ1n) is 5.00. The lowest BCUT2D eigenvalue weighted by molar-refractivity contribution is 0.221. The molecule has 0 aromatic carbocycles. The molecule has 1 aliphatic carbocycles. The number of hydrogen-bond acceptors (Lipinski definition) is 1. The van der Waals surface area contributed by atoms with E-state index in [1.54, 1.807) is 5.57 Å². The molecule has 2 atom stereocenters. The van der Waals surface area contributed by atoms with E-state index in [4.69, 9.17) is 5.11 Å². The van der Waals surface area contributed by atoms with Crippen LogP contribution >= 0.6 is 0 Å².